The maximum Gasteiger partial charge on any atom is 0.329 e. The highest BCUT2D eigenvalue weighted by molar-refractivity contribution is 6.31. The lowest BCUT2D eigenvalue weighted by Crippen LogP contribution is -2.38. The van der Waals surface area contributed by atoms with E-state index in [1.807, 2.05) is 16.7 Å². The van der Waals surface area contributed by atoms with Crippen LogP contribution in [0.1, 0.15) is 55.7 Å². The SMILES string of the molecule is O=c1n(CCCCc2ccccc2)c2ccccc2n1C1CCN(CCCCc2ccccc2Cl)CC1. The number of para-hydroxylation sites is 2. The number of aryl methyl sites for hydroxylation is 3. The molecule has 0 N–H and O–H groups in total. The minimum atomic E-state index is 0.166. The molecule has 0 atom stereocenters. The molecule has 0 aliphatic carbocycles. The van der Waals surface area contributed by atoms with Crippen molar-refractivity contribution in [3.63, 3.8) is 0 Å². The number of hydrogen-bond acceptors (Lipinski definition) is 2. The molecule has 4 nitrogen and oxygen atoms in total. The molecular weight excluding hydrogens is 478 g/mol. The number of nitrogens with zero attached hydrogens (tertiary/aromatic N) is 3. The Kier molecular flexibility index (Phi) is 8.80. The summed E-state index contributed by atoms with van der Waals surface area (Å²) in [5.41, 5.74) is 4.95. The minimum absolute atomic E-state index is 0.166. The van der Waals surface area contributed by atoms with Gasteiger partial charge in [0.15, 0.2) is 0 Å². The molecule has 37 heavy (non-hydrogen) atoms. The van der Waals surface area contributed by atoms with Crippen molar-refractivity contribution >= 4 is 22.6 Å². The predicted molar refractivity (Wildman–Crippen MR) is 155 cm³/mol. The fourth-order valence-corrected chi connectivity index (χ4v) is 6.03. The number of benzene rings is 3. The highest BCUT2D eigenvalue weighted by Gasteiger charge is 2.25. The second-order valence-corrected chi connectivity index (χ2v) is 10.8. The van der Waals surface area contributed by atoms with Crippen LogP contribution in [0.2, 0.25) is 5.02 Å². The van der Waals surface area contributed by atoms with Crippen LogP contribution in [0.25, 0.3) is 11.0 Å². The highest BCUT2D eigenvalue weighted by Crippen LogP contribution is 2.26. The molecule has 0 saturated carbocycles. The smallest absolute Gasteiger partial charge is 0.303 e. The number of imidazole rings is 1. The van der Waals surface area contributed by atoms with Gasteiger partial charge < -0.3 is 4.90 Å². The number of unbranched alkanes of at least 4 members (excludes halogenated alkanes) is 2. The van der Waals surface area contributed by atoms with Crippen LogP contribution < -0.4 is 5.69 Å². The summed E-state index contributed by atoms with van der Waals surface area (Å²) >= 11 is 6.30. The van der Waals surface area contributed by atoms with Crippen molar-refractivity contribution in [3.05, 3.63) is 105 Å². The van der Waals surface area contributed by atoms with E-state index in [0.29, 0.717) is 0 Å². The standard InChI is InChI=1S/C32H38ClN3O/c33-29-17-5-4-15-27(29)16-9-10-22-34-24-20-28(21-25-34)36-31-19-7-6-18-30(31)35(32(36)37)23-11-8-14-26-12-2-1-3-13-26/h1-7,12-13,15,17-19,28H,8-11,14,16,20-25H2. The zero-order valence-electron chi connectivity index (χ0n) is 21.7. The summed E-state index contributed by atoms with van der Waals surface area (Å²) in [7, 11) is 0. The van der Waals surface area contributed by atoms with Crippen LogP contribution >= 0.6 is 11.6 Å². The number of fused-ring (bicyclic) bond motifs is 1. The molecule has 0 amide bonds. The molecule has 0 unspecified atom stereocenters. The summed E-state index contributed by atoms with van der Waals surface area (Å²) < 4.78 is 4.11. The lowest BCUT2D eigenvalue weighted by molar-refractivity contribution is 0.183. The molecule has 1 fully saturated rings. The number of aromatic nitrogens is 2. The van der Waals surface area contributed by atoms with Gasteiger partial charge in [0.25, 0.3) is 0 Å². The second-order valence-electron chi connectivity index (χ2n) is 10.4. The maximum atomic E-state index is 13.6. The zero-order chi connectivity index (χ0) is 25.5. The van der Waals surface area contributed by atoms with E-state index in [9.17, 15) is 4.79 Å². The van der Waals surface area contributed by atoms with Crippen LogP contribution in [-0.2, 0) is 19.4 Å². The van der Waals surface area contributed by atoms with E-state index in [0.717, 1.165) is 87.2 Å². The Morgan fingerprint density at radius 3 is 2.14 bits per heavy atom. The molecule has 0 bridgehead atoms. The fraction of sp³-hybridized carbons (Fsp3) is 0.406. The predicted octanol–water partition coefficient (Wildman–Crippen LogP) is 7.14. The maximum absolute atomic E-state index is 13.6. The van der Waals surface area contributed by atoms with Crippen LogP contribution in [0.4, 0.5) is 0 Å². The number of rotatable bonds is 11. The van der Waals surface area contributed by atoms with Crippen molar-refractivity contribution < 1.29 is 0 Å². The molecule has 0 radical (unpaired) electrons. The third-order valence-electron chi connectivity index (χ3n) is 7.86. The Hall–Kier alpha value is -2.82. The summed E-state index contributed by atoms with van der Waals surface area (Å²) in [5.74, 6) is 0. The topological polar surface area (TPSA) is 30.2 Å². The molecule has 5 rings (SSSR count). The van der Waals surface area contributed by atoms with E-state index in [4.69, 9.17) is 11.6 Å². The third kappa shape index (κ3) is 6.37. The monoisotopic (exact) mass is 515 g/mol. The van der Waals surface area contributed by atoms with Crippen LogP contribution in [0, 0.1) is 0 Å². The molecule has 0 spiro atoms. The second kappa shape index (κ2) is 12.6. The van der Waals surface area contributed by atoms with Gasteiger partial charge in [-0.05, 0) is 87.2 Å². The van der Waals surface area contributed by atoms with Gasteiger partial charge in [-0.15, -0.1) is 0 Å². The molecule has 194 valence electrons. The molecule has 1 aliphatic rings. The first-order chi connectivity index (χ1) is 18.2. The van der Waals surface area contributed by atoms with E-state index in [1.165, 1.54) is 17.5 Å². The van der Waals surface area contributed by atoms with Gasteiger partial charge in [-0.2, -0.15) is 0 Å². The summed E-state index contributed by atoms with van der Waals surface area (Å²) in [6.45, 7) is 4.01. The van der Waals surface area contributed by atoms with Crippen LogP contribution in [-0.4, -0.2) is 33.7 Å². The summed E-state index contributed by atoms with van der Waals surface area (Å²) in [4.78, 5) is 16.2. The Balaban J connectivity index is 1.15. The molecule has 4 aromatic rings. The molecule has 1 aromatic heterocycles. The van der Waals surface area contributed by atoms with Crippen molar-refractivity contribution in [1.29, 1.82) is 0 Å². The number of halogens is 1. The van der Waals surface area contributed by atoms with Gasteiger partial charge in [0, 0.05) is 30.7 Å². The van der Waals surface area contributed by atoms with Crippen molar-refractivity contribution in [3.8, 4) is 0 Å². The van der Waals surface area contributed by atoms with Crippen molar-refractivity contribution in [1.82, 2.24) is 14.0 Å². The average molecular weight is 516 g/mol. The quantitative estimate of drug-likeness (QED) is 0.199. The molecule has 1 aliphatic heterocycles. The summed E-state index contributed by atoms with van der Waals surface area (Å²) in [6.07, 6.45) is 8.60. The van der Waals surface area contributed by atoms with E-state index in [1.54, 1.807) is 0 Å². The third-order valence-corrected chi connectivity index (χ3v) is 8.23. The van der Waals surface area contributed by atoms with E-state index >= 15 is 0 Å². The van der Waals surface area contributed by atoms with Gasteiger partial charge in [-0.25, -0.2) is 4.79 Å². The number of hydrogen-bond donors (Lipinski definition) is 0. The summed E-state index contributed by atoms with van der Waals surface area (Å²) in [6, 6.07) is 27.4. The van der Waals surface area contributed by atoms with Crippen molar-refractivity contribution in [2.75, 3.05) is 19.6 Å². The molecular formula is C32H38ClN3O. The molecule has 5 heteroatoms. The van der Waals surface area contributed by atoms with Crippen LogP contribution in [0.15, 0.2) is 83.7 Å². The molecule has 1 saturated heterocycles. The first-order valence-electron chi connectivity index (χ1n) is 13.9. The van der Waals surface area contributed by atoms with Crippen LogP contribution in [0.5, 0.6) is 0 Å². The largest absolute Gasteiger partial charge is 0.329 e. The van der Waals surface area contributed by atoms with E-state index < -0.39 is 0 Å². The first-order valence-corrected chi connectivity index (χ1v) is 14.3. The van der Waals surface area contributed by atoms with Gasteiger partial charge in [0.05, 0.1) is 11.0 Å². The van der Waals surface area contributed by atoms with Gasteiger partial charge >= 0.3 is 5.69 Å². The van der Waals surface area contributed by atoms with Gasteiger partial charge in [-0.1, -0.05) is 72.3 Å². The van der Waals surface area contributed by atoms with E-state index in [2.05, 4.69) is 76.2 Å². The normalized spacial score (nSPS) is 14.9. The first kappa shape index (κ1) is 25.8. The average Bonchev–Trinajstić information content (AvgIpc) is 3.22. The van der Waals surface area contributed by atoms with Crippen molar-refractivity contribution in [2.45, 2.75) is 64.0 Å². The zero-order valence-corrected chi connectivity index (χ0v) is 22.5. The lowest BCUT2D eigenvalue weighted by Gasteiger charge is -2.32. The Morgan fingerprint density at radius 1 is 0.703 bits per heavy atom. The molecule has 3 aromatic carbocycles. The Bertz CT molecular complexity index is 1340. The van der Waals surface area contributed by atoms with Crippen molar-refractivity contribution in [2.24, 2.45) is 0 Å². The number of likely N-dealkylation sites (tertiary alicyclic amines) is 1. The Labute approximate surface area is 225 Å². The van der Waals surface area contributed by atoms with E-state index in [-0.39, 0.29) is 11.7 Å². The Morgan fingerprint density at radius 2 is 1.35 bits per heavy atom. The van der Waals surface area contributed by atoms with Gasteiger partial charge in [-0.3, -0.25) is 9.13 Å². The number of piperidine rings is 1. The highest BCUT2D eigenvalue weighted by atomic mass is 35.5. The van der Waals surface area contributed by atoms with Gasteiger partial charge in [0.1, 0.15) is 0 Å². The minimum Gasteiger partial charge on any atom is -0.303 e. The summed E-state index contributed by atoms with van der Waals surface area (Å²) in [5, 5.41) is 0.879. The molecule has 2 heterocycles. The van der Waals surface area contributed by atoms with Crippen LogP contribution in [0.3, 0.4) is 0 Å². The van der Waals surface area contributed by atoms with Gasteiger partial charge in [0.2, 0.25) is 0 Å². The fourth-order valence-electron chi connectivity index (χ4n) is 5.80. The lowest BCUT2D eigenvalue weighted by atomic mass is 10.0.